The number of benzene rings is 1. The largest absolute Gasteiger partial charge is 0.468 e. The molecule has 0 heterocycles. The molecular formula is C13H17NO4. The maximum absolute atomic E-state index is 11.2. The molecule has 0 aromatic heterocycles. The Balaban J connectivity index is 2.60. The molecule has 98 valence electrons. The van der Waals surface area contributed by atoms with Gasteiger partial charge in [-0.25, -0.2) is 0 Å². The van der Waals surface area contributed by atoms with Gasteiger partial charge in [0, 0.05) is 6.42 Å². The molecule has 1 atom stereocenters. The van der Waals surface area contributed by atoms with E-state index in [1.807, 2.05) is 0 Å². The van der Waals surface area contributed by atoms with Crippen molar-refractivity contribution >= 4 is 11.9 Å². The zero-order chi connectivity index (χ0) is 13.5. The van der Waals surface area contributed by atoms with Crippen LogP contribution in [0.25, 0.3) is 0 Å². The van der Waals surface area contributed by atoms with Crippen LogP contribution in [0, 0.1) is 0 Å². The van der Waals surface area contributed by atoms with E-state index in [0.29, 0.717) is 18.6 Å². The Hall–Kier alpha value is -1.88. The summed E-state index contributed by atoms with van der Waals surface area (Å²) in [5, 5.41) is 0. The smallest absolute Gasteiger partial charge is 0.322 e. The molecule has 1 rings (SSSR count). The molecular weight excluding hydrogens is 234 g/mol. The van der Waals surface area contributed by atoms with Crippen molar-refractivity contribution in [2.24, 2.45) is 5.73 Å². The number of carbonyl (C=O) groups excluding carboxylic acids is 2. The molecule has 0 aliphatic heterocycles. The first-order chi connectivity index (χ1) is 8.56. The van der Waals surface area contributed by atoms with Crippen molar-refractivity contribution in [3.8, 4) is 5.75 Å². The summed E-state index contributed by atoms with van der Waals surface area (Å²) in [5.74, 6) is -0.247. The third kappa shape index (κ3) is 4.18. The van der Waals surface area contributed by atoms with E-state index in [4.69, 9.17) is 10.5 Å². The van der Waals surface area contributed by atoms with Crippen molar-refractivity contribution in [3.05, 3.63) is 29.8 Å². The number of esters is 2. The lowest BCUT2D eigenvalue weighted by atomic mass is 10.1. The average Bonchev–Trinajstić information content (AvgIpc) is 2.39. The first-order valence-electron chi connectivity index (χ1n) is 5.69. The highest BCUT2D eigenvalue weighted by molar-refractivity contribution is 5.75. The normalized spacial score (nSPS) is 11.7. The number of carbonyl (C=O) groups is 2. The molecule has 5 heteroatoms. The predicted molar refractivity (Wildman–Crippen MR) is 66.1 cm³/mol. The van der Waals surface area contributed by atoms with Crippen LogP contribution in [0.2, 0.25) is 0 Å². The number of hydrogen-bond acceptors (Lipinski definition) is 5. The molecule has 0 saturated heterocycles. The summed E-state index contributed by atoms with van der Waals surface area (Å²) in [4.78, 5) is 22.2. The van der Waals surface area contributed by atoms with E-state index in [2.05, 4.69) is 4.74 Å². The number of hydrogen-bond donors (Lipinski definition) is 1. The molecule has 0 aliphatic carbocycles. The highest BCUT2D eigenvalue weighted by Crippen LogP contribution is 2.14. The van der Waals surface area contributed by atoms with Crippen molar-refractivity contribution in [1.29, 1.82) is 0 Å². The van der Waals surface area contributed by atoms with E-state index in [1.165, 1.54) is 7.11 Å². The first-order valence-corrected chi connectivity index (χ1v) is 5.69. The molecule has 0 radical (unpaired) electrons. The van der Waals surface area contributed by atoms with Crippen molar-refractivity contribution in [2.75, 3.05) is 7.11 Å². The number of methoxy groups -OCH3 is 1. The lowest BCUT2D eigenvalue weighted by Crippen LogP contribution is -2.33. The van der Waals surface area contributed by atoms with Gasteiger partial charge in [0.05, 0.1) is 7.11 Å². The summed E-state index contributed by atoms with van der Waals surface area (Å²) in [6.45, 7) is 1.73. The Morgan fingerprint density at radius 1 is 1.28 bits per heavy atom. The molecule has 5 nitrogen and oxygen atoms in total. The molecule has 0 saturated carbocycles. The standard InChI is InChI=1S/C13H17NO4/c1-3-12(15)18-10-6-4-9(5-7-10)8-11(14)13(16)17-2/h4-7,11H,3,8,14H2,1-2H3/t11-/m0/s1. The van der Waals surface area contributed by atoms with E-state index < -0.39 is 12.0 Å². The van der Waals surface area contributed by atoms with Gasteiger partial charge in [0.1, 0.15) is 11.8 Å². The van der Waals surface area contributed by atoms with Crippen molar-refractivity contribution in [3.63, 3.8) is 0 Å². The van der Waals surface area contributed by atoms with Crippen LogP contribution in [0.1, 0.15) is 18.9 Å². The van der Waals surface area contributed by atoms with Gasteiger partial charge in [-0.05, 0) is 24.1 Å². The summed E-state index contributed by atoms with van der Waals surface area (Å²) >= 11 is 0. The minimum absolute atomic E-state index is 0.283. The molecule has 1 aromatic carbocycles. The second kappa shape index (κ2) is 6.76. The monoisotopic (exact) mass is 251 g/mol. The van der Waals surface area contributed by atoms with Crippen LogP contribution >= 0.6 is 0 Å². The van der Waals surface area contributed by atoms with Crippen molar-refractivity contribution in [1.82, 2.24) is 0 Å². The van der Waals surface area contributed by atoms with Gasteiger partial charge in [0.2, 0.25) is 0 Å². The van der Waals surface area contributed by atoms with Gasteiger partial charge in [0.25, 0.3) is 0 Å². The second-order valence-corrected chi connectivity index (χ2v) is 3.81. The van der Waals surface area contributed by atoms with Gasteiger partial charge in [0.15, 0.2) is 0 Å². The summed E-state index contributed by atoms with van der Waals surface area (Å²) in [6.07, 6.45) is 0.712. The molecule has 0 amide bonds. The van der Waals surface area contributed by atoms with Gasteiger partial charge in [-0.3, -0.25) is 9.59 Å². The fourth-order valence-electron chi connectivity index (χ4n) is 1.39. The fraction of sp³-hybridized carbons (Fsp3) is 0.385. The van der Waals surface area contributed by atoms with E-state index in [9.17, 15) is 9.59 Å². The second-order valence-electron chi connectivity index (χ2n) is 3.81. The molecule has 0 spiro atoms. The lowest BCUT2D eigenvalue weighted by Gasteiger charge is -2.09. The Bertz CT molecular complexity index is 414. The van der Waals surface area contributed by atoms with Crippen LogP contribution in [-0.2, 0) is 20.7 Å². The third-order valence-corrected chi connectivity index (χ3v) is 2.40. The zero-order valence-electron chi connectivity index (χ0n) is 10.5. The van der Waals surface area contributed by atoms with Crippen molar-refractivity contribution in [2.45, 2.75) is 25.8 Å². The van der Waals surface area contributed by atoms with E-state index in [0.717, 1.165) is 5.56 Å². The van der Waals surface area contributed by atoms with Crippen LogP contribution in [-0.4, -0.2) is 25.1 Å². The summed E-state index contributed by atoms with van der Waals surface area (Å²) in [6, 6.07) is 6.20. The first kappa shape index (κ1) is 14.2. The summed E-state index contributed by atoms with van der Waals surface area (Å²) in [5.41, 5.74) is 6.52. The van der Waals surface area contributed by atoms with Gasteiger partial charge in [-0.1, -0.05) is 19.1 Å². The quantitative estimate of drug-likeness (QED) is 0.625. The van der Waals surface area contributed by atoms with Crippen LogP contribution in [0.4, 0.5) is 0 Å². The van der Waals surface area contributed by atoms with Crippen LogP contribution in [0.3, 0.4) is 0 Å². The van der Waals surface area contributed by atoms with Crippen LogP contribution < -0.4 is 10.5 Å². The highest BCUT2D eigenvalue weighted by Gasteiger charge is 2.14. The number of rotatable bonds is 5. The minimum atomic E-state index is -0.681. The molecule has 0 bridgehead atoms. The third-order valence-electron chi connectivity index (χ3n) is 2.40. The van der Waals surface area contributed by atoms with Crippen LogP contribution in [0.5, 0.6) is 5.75 Å². The fourth-order valence-corrected chi connectivity index (χ4v) is 1.39. The molecule has 0 fully saturated rings. The van der Waals surface area contributed by atoms with Gasteiger partial charge in [-0.2, -0.15) is 0 Å². The van der Waals surface area contributed by atoms with E-state index in [1.54, 1.807) is 31.2 Å². The van der Waals surface area contributed by atoms with E-state index in [-0.39, 0.29) is 5.97 Å². The maximum Gasteiger partial charge on any atom is 0.322 e. The topological polar surface area (TPSA) is 78.6 Å². The predicted octanol–water partition coefficient (Wildman–Crippen LogP) is 1.04. The number of nitrogens with two attached hydrogens (primary N) is 1. The number of ether oxygens (including phenoxy) is 2. The van der Waals surface area contributed by atoms with Crippen LogP contribution in [0.15, 0.2) is 24.3 Å². The average molecular weight is 251 g/mol. The Labute approximate surface area is 106 Å². The lowest BCUT2D eigenvalue weighted by molar-refractivity contribution is -0.142. The SMILES string of the molecule is CCC(=O)Oc1ccc(C[C@H](N)C(=O)OC)cc1. The molecule has 2 N–H and O–H groups in total. The zero-order valence-corrected chi connectivity index (χ0v) is 10.5. The van der Waals surface area contributed by atoms with Gasteiger partial charge >= 0.3 is 11.9 Å². The van der Waals surface area contributed by atoms with Gasteiger partial charge < -0.3 is 15.2 Å². The highest BCUT2D eigenvalue weighted by atomic mass is 16.5. The molecule has 1 aromatic rings. The maximum atomic E-state index is 11.2. The van der Waals surface area contributed by atoms with Gasteiger partial charge in [-0.15, -0.1) is 0 Å². The Morgan fingerprint density at radius 2 is 1.89 bits per heavy atom. The van der Waals surface area contributed by atoms with E-state index >= 15 is 0 Å². The Morgan fingerprint density at radius 3 is 2.39 bits per heavy atom. The Kier molecular flexibility index (Phi) is 5.32. The van der Waals surface area contributed by atoms with Crippen molar-refractivity contribution < 1.29 is 19.1 Å². The molecule has 0 unspecified atom stereocenters. The summed E-state index contributed by atoms with van der Waals surface area (Å²) < 4.78 is 9.57. The minimum Gasteiger partial charge on any atom is -0.468 e. The molecule has 18 heavy (non-hydrogen) atoms. The summed E-state index contributed by atoms with van der Waals surface area (Å²) in [7, 11) is 1.30. The molecule has 0 aliphatic rings.